The lowest BCUT2D eigenvalue weighted by Crippen LogP contribution is -2.43. The largest absolute Gasteiger partial charge is 0.441 e. The number of nitrogens with zero attached hydrogens (tertiary/aromatic N) is 1. The summed E-state index contributed by atoms with van der Waals surface area (Å²) in [5.41, 5.74) is 3.77. The van der Waals surface area contributed by atoms with E-state index in [0.717, 1.165) is 29.2 Å². The van der Waals surface area contributed by atoms with Crippen molar-refractivity contribution < 1.29 is 9.21 Å². The van der Waals surface area contributed by atoms with Crippen molar-refractivity contribution in [2.24, 2.45) is 11.8 Å². The number of oxazole rings is 1. The summed E-state index contributed by atoms with van der Waals surface area (Å²) in [4.78, 5) is 18.7. The van der Waals surface area contributed by atoms with Gasteiger partial charge in [0.15, 0.2) is 0 Å². The van der Waals surface area contributed by atoms with E-state index in [1.807, 2.05) is 31.2 Å². The molecule has 0 saturated heterocycles. The van der Waals surface area contributed by atoms with E-state index in [-0.39, 0.29) is 11.9 Å². The number of aryl methyl sites for hydroxylation is 2. The van der Waals surface area contributed by atoms with Crippen LogP contribution in [0.15, 0.2) is 57.8 Å². The van der Waals surface area contributed by atoms with E-state index in [2.05, 4.69) is 50.4 Å². The van der Waals surface area contributed by atoms with Crippen LogP contribution >= 0.6 is 11.8 Å². The van der Waals surface area contributed by atoms with Gasteiger partial charge >= 0.3 is 0 Å². The van der Waals surface area contributed by atoms with Gasteiger partial charge in [0.1, 0.15) is 5.76 Å². The molecule has 3 unspecified atom stereocenters. The molecule has 1 aliphatic carbocycles. The zero-order valence-corrected chi connectivity index (χ0v) is 20.2. The molecule has 1 aromatic heterocycles. The number of aromatic nitrogens is 1. The molecular formula is C27H32N2O2S. The first-order chi connectivity index (χ1) is 15.4. The summed E-state index contributed by atoms with van der Waals surface area (Å²) < 4.78 is 5.93. The number of benzene rings is 2. The lowest BCUT2D eigenvalue weighted by molar-refractivity contribution is 0.0891. The van der Waals surface area contributed by atoms with Crippen LogP contribution in [0.2, 0.25) is 0 Å². The summed E-state index contributed by atoms with van der Waals surface area (Å²) in [5.74, 6) is 3.37. The first kappa shape index (κ1) is 22.7. The lowest BCUT2D eigenvalue weighted by Gasteiger charge is -2.34. The van der Waals surface area contributed by atoms with E-state index in [4.69, 9.17) is 9.40 Å². The van der Waals surface area contributed by atoms with Crippen LogP contribution in [0.3, 0.4) is 0 Å². The van der Waals surface area contributed by atoms with E-state index >= 15 is 0 Å². The number of nitrogens with one attached hydrogen (secondary N) is 1. The van der Waals surface area contributed by atoms with Gasteiger partial charge in [-0.25, -0.2) is 4.98 Å². The summed E-state index contributed by atoms with van der Waals surface area (Å²) in [6.07, 6.45) is 3.50. The topological polar surface area (TPSA) is 55.1 Å². The third-order valence-corrected chi connectivity index (χ3v) is 7.73. The van der Waals surface area contributed by atoms with Crippen molar-refractivity contribution in [3.63, 3.8) is 0 Å². The molecule has 5 heteroatoms. The highest BCUT2D eigenvalue weighted by molar-refractivity contribution is 7.98. The molecule has 3 atom stereocenters. The maximum Gasteiger partial charge on any atom is 0.251 e. The second kappa shape index (κ2) is 9.95. The number of hydrogen-bond donors (Lipinski definition) is 1. The Balaban J connectivity index is 1.40. The Bertz CT molecular complexity index is 1060. The van der Waals surface area contributed by atoms with Gasteiger partial charge < -0.3 is 9.73 Å². The maximum atomic E-state index is 12.8. The maximum absolute atomic E-state index is 12.8. The van der Waals surface area contributed by atoms with Crippen LogP contribution in [0.5, 0.6) is 0 Å². The lowest BCUT2D eigenvalue weighted by atomic mass is 9.78. The summed E-state index contributed by atoms with van der Waals surface area (Å²) in [7, 11) is 0. The van der Waals surface area contributed by atoms with Gasteiger partial charge in [-0.15, -0.1) is 11.8 Å². The van der Waals surface area contributed by atoms with Crippen LogP contribution in [0.4, 0.5) is 0 Å². The number of carbonyl (C=O) groups excluding carboxylic acids is 1. The fourth-order valence-electron chi connectivity index (χ4n) is 4.27. The number of thioether (sulfide) groups is 1. The van der Waals surface area contributed by atoms with Crippen molar-refractivity contribution in [3.05, 3.63) is 71.1 Å². The predicted octanol–water partition coefficient (Wildman–Crippen LogP) is 6.81. The predicted molar refractivity (Wildman–Crippen MR) is 131 cm³/mol. The van der Waals surface area contributed by atoms with E-state index in [1.165, 1.54) is 23.3 Å². The Kier molecular flexibility index (Phi) is 7.04. The van der Waals surface area contributed by atoms with Gasteiger partial charge in [-0.3, -0.25) is 4.79 Å². The Morgan fingerprint density at radius 3 is 2.50 bits per heavy atom. The molecule has 1 fully saturated rings. The van der Waals surface area contributed by atoms with Crippen LogP contribution in [-0.4, -0.2) is 16.9 Å². The summed E-state index contributed by atoms with van der Waals surface area (Å²) in [5, 5.41) is 3.24. The van der Waals surface area contributed by atoms with Crippen LogP contribution in [0.1, 0.15) is 60.5 Å². The molecule has 168 valence electrons. The average molecular weight is 449 g/mol. The first-order valence-corrected chi connectivity index (χ1v) is 12.5. The fraction of sp³-hybridized carbons (Fsp3) is 0.407. The van der Waals surface area contributed by atoms with Gasteiger partial charge in [-0.05, 0) is 68.5 Å². The number of carbonyl (C=O) groups is 1. The highest BCUT2D eigenvalue weighted by Crippen LogP contribution is 2.30. The Morgan fingerprint density at radius 2 is 1.78 bits per heavy atom. The van der Waals surface area contributed by atoms with E-state index in [1.54, 1.807) is 11.8 Å². The van der Waals surface area contributed by atoms with Crippen LogP contribution < -0.4 is 5.32 Å². The molecule has 4 nitrogen and oxygen atoms in total. The highest BCUT2D eigenvalue weighted by Gasteiger charge is 2.28. The molecule has 3 aromatic rings. The van der Waals surface area contributed by atoms with Gasteiger partial charge in [0.25, 0.3) is 5.91 Å². The third kappa shape index (κ3) is 5.26. The van der Waals surface area contributed by atoms with E-state index < -0.39 is 0 Å². The molecule has 0 spiro atoms. The minimum Gasteiger partial charge on any atom is -0.441 e. The van der Waals surface area contributed by atoms with Gasteiger partial charge in [0, 0.05) is 27.8 Å². The van der Waals surface area contributed by atoms with Gasteiger partial charge in [0.05, 0.1) is 5.69 Å². The second-order valence-corrected chi connectivity index (χ2v) is 10.1. The molecule has 0 bridgehead atoms. The monoisotopic (exact) mass is 448 g/mol. The van der Waals surface area contributed by atoms with Gasteiger partial charge in [-0.1, -0.05) is 44.4 Å². The van der Waals surface area contributed by atoms with Gasteiger partial charge in [0.2, 0.25) is 5.89 Å². The van der Waals surface area contributed by atoms with Crippen molar-refractivity contribution >= 4 is 17.7 Å². The van der Waals surface area contributed by atoms with Crippen LogP contribution in [0, 0.1) is 25.7 Å². The zero-order chi connectivity index (χ0) is 22.7. The van der Waals surface area contributed by atoms with E-state index in [9.17, 15) is 4.79 Å². The summed E-state index contributed by atoms with van der Waals surface area (Å²) in [6, 6.07) is 16.3. The third-order valence-electron chi connectivity index (χ3n) is 6.71. The molecule has 1 heterocycles. The van der Waals surface area contributed by atoms with Crippen molar-refractivity contribution in [1.82, 2.24) is 10.3 Å². The van der Waals surface area contributed by atoms with Crippen molar-refractivity contribution in [1.29, 1.82) is 0 Å². The Morgan fingerprint density at radius 1 is 1.06 bits per heavy atom. The van der Waals surface area contributed by atoms with Crippen molar-refractivity contribution in [3.8, 4) is 11.5 Å². The van der Waals surface area contributed by atoms with Crippen molar-refractivity contribution in [2.45, 2.75) is 63.6 Å². The molecule has 0 aliphatic heterocycles. The molecule has 0 radical (unpaired) electrons. The molecule has 1 aliphatic rings. The molecule has 1 amide bonds. The summed E-state index contributed by atoms with van der Waals surface area (Å²) in [6.45, 7) is 8.57. The minimum atomic E-state index is 0.00118. The normalized spacial score (nSPS) is 20.8. The molecule has 2 aromatic carbocycles. The minimum absolute atomic E-state index is 0.00118. The smallest absolute Gasteiger partial charge is 0.251 e. The molecule has 1 N–H and O–H groups in total. The van der Waals surface area contributed by atoms with E-state index in [0.29, 0.717) is 23.3 Å². The fourth-order valence-corrected chi connectivity index (χ4v) is 5.17. The highest BCUT2D eigenvalue weighted by atomic mass is 32.2. The number of rotatable bonds is 6. The first-order valence-electron chi connectivity index (χ1n) is 11.5. The zero-order valence-electron chi connectivity index (χ0n) is 19.4. The Hall–Kier alpha value is -2.53. The number of hydrogen-bond acceptors (Lipinski definition) is 4. The molecule has 4 rings (SSSR count). The van der Waals surface area contributed by atoms with Crippen LogP contribution in [0.25, 0.3) is 11.5 Å². The molecular weight excluding hydrogens is 416 g/mol. The Labute approximate surface area is 195 Å². The molecule has 32 heavy (non-hydrogen) atoms. The quantitative estimate of drug-likeness (QED) is 0.421. The average Bonchev–Trinajstić information content (AvgIpc) is 3.17. The molecule has 1 saturated carbocycles. The second-order valence-electron chi connectivity index (χ2n) is 9.05. The van der Waals surface area contributed by atoms with Crippen LogP contribution in [-0.2, 0) is 5.75 Å². The number of amides is 1. The SMILES string of the molecule is Cc1ccc(SCc2nc(-c3ccc(C(=O)NC4CCCC(C)C4C)cc3)oc2C)cc1. The standard InChI is InChI=1S/C27H32N2O2S/c1-17-8-14-23(15-9-17)32-16-25-20(4)31-27(29-25)22-12-10-21(11-13-22)26(30)28-24-7-5-6-18(2)19(24)3/h8-15,18-19,24H,5-7,16H2,1-4H3,(H,28,30). The summed E-state index contributed by atoms with van der Waals surface area (Å²) >= 11 is 1.75. The van der Waals surface area contributed by atoms with Gasteiger partial charge in [-0.2, -0.15) is 0 Å². The van der Waals surface area contributed by atoms with Crippen molar-refractivity contribution in [2.75, 3.05) is 0 Å².